The topological polar surface area (TPSA) is 49.8 Å². The maximum Gasteiger partial charge on any atom is 0.416 e. The largest absolute Gasteiger partial charge is 0.416 e. The fourth-order valence-electron chi connectivity index (χ4n) is 1.57. The maximum absolute atomic E-state index is 12.5. The van der Waals surface area contributed by atoms with Crippen molar-refractivity contribution in [3.05, 3.63) is 54.7 Å². The summed E-state index contributed by atoms with van der Waals surface area (Å²) in [7, 11) is 0. The van der Waals surface area contributed by atoms with Crippen molar-refractivity contribution < 1.29 is 13.2 Å². The Bertz CT molecular complexity index is 608. The molecule has 0 radical (unpaired) electrons. The lowest BCUT2D eigenvalue weighted by Crippen LogP contribution is -2.05. The number of hydrogen-bond donors (Lipinski definition) is 2. The summed E-state index contributed by atoms with van der Waals surface area (Å²) in [4.78, 5) is 8.18. The molecule has 7 heteroatoms. The van der Waals surface area contributed by atoms with Crippen LogP contribution in [0.4, 0.5) is 30.6 Å². The molecule has 21 heavy (non-hydrogen) atoms. The van der Waals surface area contributed by atoms with Crippen LogP contribution in [0.1, 0.15) is 5.56 Å². The van der Waals surface area contributed by atoms with Crippen LogP contribution in [0, 0.1) is 0 Å². The van der Waals surface area contributed by atoms with E-state index in [4.69, 9.17) is 0 Å². The van der Waals surface area contributed by atoms with Crippen molar-refractivity contribution in [2.45, 2.75) is 6.18 Å². The molecule has 0 saturated heterocycles. The number of aromatic nitrogens is 2. The number of nitrogens with zero attached hydrogens (tertiary/aromatic N) is 2. The monoisotopic (exact) mass is 294 g/mol. The Morgan fingerprint density at radius 1 is 1.14 bits per heavy atom. The van der Waals surface area contributed by atoms with E-state index in [9.17, 15) is 13.2 Å². The Hall–Kier alpha value is -2.57. The number of hydrogen-bond acceptors (Lipinski definition) is 4. The van der Waals surface area contributed by atoms with Crippen LogP contribution in [-0.2, 0) is 6.18 Å². The molecule has 0 fully saturated rings. The highest BCUT2D eigenvalue weighted by molar-refractivity contribution is 5.55. The molecule has 0 unspecified atom stereocenters. The zero-order valence-corrected chi connectivity index (χ0v) is 11.0. The molecule has 0 aliphatic heterocycles. The summed E-state index contributed by atoms with van der Waals surface area (Å²) < 4.78 is 37.4. The van der Waals surface area contributed by atoms with Gasteiger partial charge in [-0.25, -0.2) is 4.98 Å². The molecule has 1 heterocycles. The zero-order valence-electron chi connectivity index (χ0n) is 11.0. The van der Waals surface area contributed by atoms with E-state index in [1.165, 1.54) is 12.1 Å². The Morgan fingerprint density at radius 3 is 2.48 bits per heavy atom. The maximum atomic E-state index is 12.5. The molecule has 110 valence electrons. The summed E-state index contributed by atoms with van der Waals surface area (Å²) in [6.45, 7) is 4.13. The van der Waals surface area contributed by atoms with Gasteiger partial charge in [0.05, 0.1) is 5.56 Å². The molecular weight excluding hydrogens is 281 g/mol. The van der Waals surface area contributed by atoms with E-state index < -0.39 is 11.7 Å². The molecule has 0 amide bonds. The molecule has 4 nitrogen and oxygen atoms in total. The summed E-state index contributed by atoms with van der Waals surface area (Å²) >= 11 is 0. The van der Waals surface area contributed by atoms with Crippen LogP contribution in [0.15, 0.2) is 49.2 Å². The van der Waals surface area contributed by atoms with Crippen molar-refractivity contribution in [1.82, 2.24) is 9.97 Å². The van der Waals surface area contributed by atoms with Gasteiger partial charge >= 0.3 is 6.18 Å². The van der Waals surface area contributed by atoms with E-state index in [1.54, 1.807) is 18.3 Å². The van der Waals surface area contributed by atoms with Gasteiger partial charge in [-0.1, -0.05) is 6.08 Å². The Morgan fingerprint density at radius 2 is 1.86 bits per heavy atom. The van der Waals surface area contributed by atoms with Gasteiger partial charge in [0.2, 0.25) is 5.95 Å². The molecule has 0 spiro atoms. The lowest BCUT2D eigenvalue weighted by molar-refractivity contribution is -0.137. The average molecular weight is 294 g/mol. The number of anilines is 3. The molecule has 2 N–H and O–H groups in total. The number of halogens is 3. The Kier molecular flexibility index (Phi) is 4.42. The van der Waals surface area contributed by atoms with Gasteiger partial charge in [-0.3, -0.25) is 0 Å². The summed E-state index contributed by atoms with van der Waals surface area (Å²) in [5, 5.41) is 5.84. The van der Waals surface area contributed by atoms with E-state index >= 15 is 0 Å². The predicted octanol–water partition coefficient (Wildman–Crippen LogP) is 3.84. The molecule has 0 bridgehead atoms. The zero-order chi connectivity index (χ0) is 15.3. The van der Waals surface area contributed by atoms with Crippen molar-refractivity contribution in [2.24, 2.45) is 0 Å². The minimum atomic E-state index is -4.34. The SMILES string of the molecule is C=CCNc1ccnc(Nc2ccc(C(F)(F)F)cc2)n1. The van der Waals surface area contributed by atoms with Crippen molar-refractivity contribution in [3.63, 3.8) is 0 Å². The molecule has 0 saturated carbocycles. The first kappa shape index (κ1) is 14.8. The van der Waals surface area contributed by atoms with Crippen LogP contribution in [0.2, 0.25) is 0 Å². The van der Waals surface area contributed by atoms with Crippen molar-refractivity contribution in [1.29, 1.82) is 0 Å². The van der Waals surface area contributed by atoms with E-state index in [0.29, 0.717) is 24.0 Å². The Labute approximate surface area is 119 Å². The van der Waals surface area contributed by atoms with Gasteiger partial charge in [0.15, 0.2) is 0 Å². The number of benzene rings is 1. The third-order valence-corrected chi connectivity index (χ3v) is 2.55. The second-order valence-electron chi connectivity index (χ2n) is 4.14. The van der Waals surface area contributed by atoms with E-state index in [2.05, 4.69) is 27.2 Å². The van der Waals surface area contributed by atoms with Gasteiger partial charge < -0.3 is 10.6 Å². The lowest BCUT2D eigenvalue weighted by Gasteiger charge is -2.09. The van der Waals surface area contributed by atoms with Gasteiger partial charge in [0, 0.05) is 18.4 Å². The van der Waals surface area contributed by atoms with Crippen LogP contribution >= 0.6 is 0 Å². The van der Waals surface area contributed by atoms with Gasteiger partial charge in [-0.15, -0.1) is 6.58 Å². The second-order valence-corrected chi connectivity index (χ2v) is 4.14. The fraction of sp³-hybridized carbons (Fsp3) is 0.143. The molecular formula is C14H13F3N4. The van der Waals surface area contributed by atoms with Crippen LogP contribution < -0.4 is 10.6 Å². The van der Waals surface area contributed by atoms with Gasteiger partial charge in [-0.2, -0.15) is 18.2 Å². The lowest BCUT2D eigenvalue weighted by atomic mass is 10.2. The van der Waals surface area contributed by atoms with E-state index in [-0.39, 0.29) is 0 Å². The molecule has 1 aromatic carbocycles. The van der Waals surface area contributed by atoms with Crippen molar-refractivity contribution >= 4 is 17.5 Å². The highest BCUT2D eigenvalue weighted by atomic mass is 19.4. The van der Waals surface area contributed by atoms with Gasteiger partial charge in [0.1, 0.15) is 5.82 Å². The number of alkyl halides is 3. The Balaban J connectivity index is 2.09. The summed E-state index contributed by atoms with van der Waals surface area (Å²) in [6, 6.07) is 6.35. The van der Waals surface area contributed by atoms with Crippen LogP contribution in [0.3, 0.4) is 0 Å². The molecule has 0 atom stereocenters. The van der Waals surface area contributed by atoms with Crippen LogP contribution in [0.25, 0.3) is 0 Å². The molecule has 1 aromatic heterocycles. The quantitative estimate of drug-likeness (QED) is 0.823. The van der Waals surface area contributed by atoms with E-state index in [1.807, 2.05) is 0 Å². The van der Waals surface area contributed by atoms with E-state index in [0.717, 1.165) is 12.1 Å². The highest BCUT2D eigenvalue weighted by Gasteiger charge is 2.29. The first-order valence-corrected chi connectivity index (χ1v) is 6.11. The summed E-state index contributed by atoms with van der Waals surface area (Å²) in [5.41, 5.74) is -0.223. The average Bonchev–Trinajstić information content (AvgIpc) is 2.45. The summed E-state index contributed by atoms with van der Waals surface area (Å²) in [5.74, 6) is 0.892. The second kappa shape index (κ2) is 6.25. The third-order valence-electron chi connectivity index (χ3n) is 2.55. The summed E-state index contributed by atoms with van der Waals surface area (Å²) in [6.07, 6.45) is -1.11. The van der Waals surface area contributed by atoms with Crippen LogP contribution in [-0.4, -0.2) is 16.5 Å². The minimum absolute atomic E-state index is 0.295. The smallest absolute Gasteiger partial charge is 0.366 e. The predicted molar refractivity (Wildman–Crippen MR) is 75.4 cm³/mol. The van der Waals surface area contributed by atoms with Crippen LogP contribution in [0.5, 0.6) is 0 Å². The molecule has 0 aliphatic rings. The van der Waals surface area contributed by atoms with Crippen molar-refractivity contribution in [3.8, 4) is 0 Å². The third kappa shape index (κ3) is 4.20. The molecule has 2 aromatic rings. The van der Waals surface area contributed by atoms with Gasteiger partial charge in [0.25, 0.3) is 0 Å². The molecule has 0 aliphatic carbocycles. The molecule has 2 rings (SSSR count). The van der Waals surface area contributed by atoms with Gasteiger partial charge in [-0.05, 0) is 30.3 Å². The fourth-order valence-corrected chi connectivity index (χ4v) is 1.57. The first-order chi connectivity index (χ1) is 9.99. The standard InChI is InChI=1S/C14H13F3N4/c1-2-8-18-12-7-9-19-13(21-12)20-11-5-3-10(4-6-11)14(15,16)17/h2-7,9H,1,8H2,(H2,18,19,20,21). The van der Waals surface area contributed by atoms with Crippen molar-refractivity contribution in [2.75, 3.05) is 17.2 Å². The highest BCUT2D eigenvalue weighted by Crippen LogP contribution is 2.30. The number of nitrogens with one attached hydrogen (secondary N) is 2. The first-order valence-electron chi connectivity index (χ1n) is 6.11. The minimum Gasteiger partial charge on any atom is -0.366 e. The number of rotatable bonds is 5. The normalized spacial score (nSPS) is 11.0.